The molecule has 5 aromatic carbocycles. The Morgan fingerprint density at radius 1 is 0.351 bits per heavy atom. The summed E-state index contributed by atoms with van der Waals surface area (Å²) in [6, 6.07) is 48.6. The Kier molecular flexibility index (Phi) is 6.18. The fourth-order valence-electron chi connectivity index (χ4n) is 4.50. The number of nitrogens with zero attached hydrogens (tertiary/aromatic N) is 2. The lowest BCUT2D eigenvalue weighted by molar-refractivity contribution is 1.18. The van der Waals surface area contributed by atoms with Crippen molar-refractivity contribution >= 4 is 13.3 Å². The highest BCUT2D eigenvalue weighted by Gasteiger charge is 2.11. The smallest absolute Gasteiger partial charge is 0.160 e. The molecule has 1 aromatic heterocycles. The molecule has 1 heterocycles. The molecule has 0 bridgehead atoms. The molecule has 0 radical (unpaired) electrons. The van der Waals surface area contributed by atoms with Gasteiger partial charge in [-0.05, 0) is 28.3 Å². The van der Waals surface area contributed by atoms with Gasteiger partial charge in [-0.2, -0.15) is 0 Å². The molecule has 0 unspecified atom stereocenters. The summed E-state index contributed by atoms with van der Waals surface area (Å²) in [4.78, 5) is 9.93. The molecular formula is C34H25BN2. The lowest BCUT2D eigenvalue weighted by Crippen LogP contribution is -1.99. The van der Waals surface area contributed by atoms with Crippen LogP contribution in [0.1, 0.15) is 0 Å². The second-order valence-electron chi connectivity index (χ2n) is 9.21. The van der Waals surface area contributed by atoms with Crippen molar-refractivity contribution in [1.29, 1.82) is 0 Å². The molecule has 6 aromatic rings. The second-order valence-corrected chi connectivity index (χ2v) is 9.21. The van der Waals surface area contributed by atoms with Crippen molar-refractivity contribution in [3.63, 3.8) is 0 Å². The molecule has 0 aliphatic rings. The topological polar surface area (TPSA) is 25.8 Å². The third kappa shape index (κ3) is 4.98. The fraction of sp³-hybridized carbons (Fsp3) is 0. The van der Waals surface area contributed by atoms with Crippen LogP contribution in [0, 0.1) is 0 Å². The highest BCUT2D eigenvalue weighted by molar-refractivity contribution is 6.32. The van der Waals surface area contributed by atoms with Gasteiger partial charge in [0, 0.05) is 16.7 Å². The average molecular weight is 472 g/mol. The van der Waals surface area contributed by atoms with Gasteiger partial charge in [0.25, 0.3) is 0 Å². The number of rotatable bonds is 5. The molecule has 0 aliphatic heterocycles. The maximum atomic E-state index is 4.97. The Balaban J connectivity index is 1.40. The van der Waals surface area contributed by atoms with Crippen molar-refractivity contribution in [3.05, 3.63) is 140 Å². The van der Waals surface area contributed by atoms with Gasteiger partial charge in [-0.3, -0.25) is 0 Å². The van der Waals surface area contributed by atoms with Crippen LogP contribution in [-0.2, 0) is 0 Å². The molecule has 0 amide bonds. The van der Waals surface area contributed by atoms with Gasteiger partial charge in [-0.25, -0.2) is 9.97 Å². The van der Waals surface area contributed by atoms with Crippen molar-refractivity contribution in [3.8, 4) is 56.2 Å². The summed E-state index contributed by atoms with van der Waals surface area (Å²) in [5, 5.41) is 0. The number of aromatic nitrogens is 2. The predicted octanol–water partition coefficient (Wildman–Crippen LogP) is 7.07. The number of hydrogen-bond acceptors (Lipinski definition) is 2. The van der Waals surface area contributed by atoms with Crippen LogP contribution in [0.15, 0.2) is 140 Å². The van der Waals surface area contributed by atoms with Gasteiger partial charge in [0.2, 0.25) is 0 Å². The first-order valence-corrected chi connectivity index (χ1v) is 12.5. The largest absolute Gasteiger partial charge is 0.228 e. The van der Waals surface area contributed by atoms with Crippen LogP contribution in [-0.4, -0.2) is 17.8 Å². The molecular weight excluding hydrogens is 447 g/mol. The Hall–Kier alpha value is -4.76. The quantitative estimate of drug-likeness (QED) is 0.251. The van der Waals surface area contributed by atoms with Crippen LogP contribution in [0.3, 0.4) is 0 Å². The second kappa shape index (κ2) is 10.1. The van der Waals surface area contributed by atoms with Crippen LogP contribution in [0.4, 0.5) is 0 Å². The third-order valence-electron chi connectivity index (χ3n) is 6.61. The van der Waals surface area contributed by atoms with Crippen LogP contribution >= 0.6 is 0 Å². The van der Waals surface area contributed by atoms with Crippen molar-refractivity contribution in [2.75, 3.05) is 0 Å². The van der Waals surface area contributed by atoms with Crippen molar-refractivity contribution in [1.82, 2.24) is 9.97 Å². The summed E-state index contributed by atoms with van der Waals surface area (Å²) < 4.78 is 0. The molecule has 0 fully saturated rings. The van der Waals surface area contributed by atoms with E-state index in [1.807, 2.05) is 24.3 Å². The van der Waals surface area contributed by atoms with E-state index in [1.54, 1.807) is 0 Å². The lowest BCUT2D eigenvalue weighted by atomic mass is 9.93. The van der Waals surface area contributed by atoms with Crippen LogP contribution in [0.5, 0.6) is 0 Å². The Morgan fingerprint density at radius 3 is 1.16 bits per heavy atom. The van der Waals surface area contributed by atoms with Gasteiger partial charge < -0.3 is 0 Å². The zero-order chi connectivity index (χ0) is 25.0. The van der Waals surface area contributed by atoms with E-state index in [-0.39, 0.29) is 0 Å². The molecule has 0 N–H and O–H groups in total. The van der Waals surface area contributed by atoms with E-state index in [1.165, 1.54) is 27.7 Å². The van der Waals surface area contributed by atoms with E-state index in [0.717, 1.165) is 33.9 Å². The van der Waals surface area contributed by atoms with Gasteiger partial charge in [-0.1, -0.05) is 139 Å². The van der Waals surface area contributed by atoms with E-state index < -0.39 is 0 Å². The van der Waals surface area contributed by atoms with E-state index in [0.29, 0.717) is 0 Å². The van der Waals surface area contributed by atoms with E-state index >= 15 is 0 Å². The minimum absolute atomic E-state index is 0.725. The normalized spacial score (nSPS) is 10.8. The molecule has 3 heteroatoms. The maximum Gasteiger partial charge on any atom is 0.160 e. The lowest BCUT2D eigenvalue weighted by Gasteiger charge is -2.11. The number of hydrogen-bond donors (Lipinski definition) is 0. The van der Waals surface area contributed by atoms with Gasteiger partial charge in [0.1, 0.15) is 7.85 Å². The number of benzene rings is 5. The summed E-state index contributed by atoms with van der Waals surface area (Å²) in [7, 11) is 2.11. The molecule has 6 rings (SSSR count). The van der Waals surface area contributed by atoms with Gasteiger partial charge in [0.05, 0.1) is 11.4 Å². The van der Waals surface area contributed by atoms with Crippen LogP contribution in [0.25, 0.3) is 56.2 Å². The van der Waals surface area contributed by atoms with E-state index in [2.05, 4.69) is 123 Å². The first-order chi connectivity index (χ1) is 18.2. The zero-order valence-electron chi connectivity index (χ0n) is 20.7. The van der Waals surface area contributed by atoms with E-state index in [4.69, 9.17) is 9.97 Å². The third-order valence-corrected chi connectivity index (χ3v) is 6.61. The molecule has 2 nitrogen and oxygen atoms in total. The monoisotopic (exact) mass is 472 g/mol. The molecule has 0 aliphatic carbocycles. The predicted molar refractivity (Wildman–Crippen MR) is 157 cm³/mol. The standard InChI is InChI=1S/C34H25BN2/c35-31-21-19-27(20-22-31)26-13-17-29(18-14-26)33-23-32(36-34(37-33)30-9-5-2-6-10-30)28-15-11-25(12-16-28)24-7-3-1-4-8-24/h1-23H,35H2. The highest BCUT2D eigenvalue weighted by Crippen LogP contribution is 2.30. The van der Waals surface area contributed by atoms with E-state index in [9.17, 15) is 0 Å². The van der Waals surface area contributed by atoms with Crippen molar-refractivity contribution < 1.29 is 0 Å². The first kappa shape index (κ1) is 22.7. The summed E-state index contributed by atoms with van der Waals surface area (Å²) in [5.74, 6) is 0.725. The first-order valence-electron chi connectivity index (χ1n) is 12.5. The van der Waals surface area contributed by atoms with Crippen LogP contribution < -0.4 is 5.46 Å². The van der Waals surface area contributed by atoms with Crippen molar-refractivity contribution in [2.45, 2.75) is 0 Å². The molecule has 174 valence electrons. The zero-order valence-corrected chi connectivity index (χ0v) is 20.7. The molecule has 0 saturated heterocycles. The summed E-state index contributed by atoms with van der Waals surface area (Å²) in [5.41, 5.74) is 11.0. The summed E-state index contributed by atoms with van der Waals surface area (Å²) in [6.45, 7) is 0. The van der Waals surface area contributed by atoms with Crippen LogP contribution in [0.2, 0.25) is 0 Å². The SMILES string of the molecule is Bc1ccc(-c2ccc(-c3cc(-c4ccc(-c5ccccc5)cc4)nc(-c4ccccc4)n3)cc2)cc1. The molecule has 37 heavy (non-hydrogen) atoms. The Morgan fingerprint density at radius 2 is 0.703 bits per heavy atom. The molecule has 0 spiro atoms. The molecule has 0 atom stereocenters. The fourth-order valence-corrected chi connectivity index (χ4v) is 4.50. The highest BCUT2D eigenvalue weighted by atomic mass is 14.9. The maximum absolute atomic E-state index is 4.97. The average Bonchev–Trinajstić information content (AvgIpc) is 2.98. The summed E-state index contributed by atoms with van der Waals surface area (Å²) >= 11 is 0. The minimum atomic E-state index is 0.725. The molecule has 0 saturated carbocycles. The van der Waals surface area contributed by atoms with Gasteiger partial charge in [-0.15, -0.1) is 0 Å². The van der Waals surface area contributed by atoms with Crippen molar-refractivity contribution in [2.24, 2.45) is 0 Å². The van der Waals surface area contributed by atoms with Gasteiger partial charge in [0.15, 0.2) is 5.82 Å². The summed E-state index contributed by atoms with van der Waals surface area (Å²) in [6.07, 6.45) is 0. The minimum Gasteiger partial charge on any atom is -0.228 e. The Bertz CT molecular complexity index is 1630. The Labute approximate surface area is 218 Å². The van der Waals surface area contributed by atoms with Gasteiger partial charge >= 0.3 is 0 Å².